The Kier molecular flexibility index (Phi) is 5.49. The van der Waals surface area contributed by atoms with E-state index in [0.717, 1.165) is 18.3 Å². The average Bonchev–Trinajstić information content (AvgIpc) is 2.53. The second-order valence-electron chi connectivity index (χ2n) is 5.00. The van der Waals surface area contributed by atoms with Crippen LogP contribution in [-0.2, 0) is 0 Å². The van der Waals surface area contributed by atoms with E-state index in [-0.39, 0.29) is 0 Å². The van der Waals surface area contributed by atoms with Crippen LogP contribution in [0.4, 0.5) is 0 Å². The van der Waals surface area contributed by atoms with Crippen LogP contribution in [0.2, 0.25) is 0 Å². The van der Waals surface area contributed by atoms with Crippen molar-refractivity contribution in [3.05, 3.63) is 0 Å². The van der Waals surface area contributed by atoms with Crippen LogP contribution in [0.1, 0.15) is 39.5 Å². The van der Waals surface area contributed by atoms with Crippen LogP contribution in [0.3, 0.4) is 0 Å². The Morgan fingerprint density at radius 3 is 2.86 bits per heavy atom. The van der Waals surface area contributed by atoms with E-state index in [0.29, 0.717) is 6.61 Å². The molecule has 0 radical (unpaired) electrons. The van der Waals surface area contributed by atoms with E-state index in [1.807, 2.05) is 0 Å². The van der Waals surface area contributed by atoms with E-state index in [1.165, 1.54) is 38.9 Å². The molecule has 0 bridgehead atoms. The van der Waals surface area contributed by atoms with Gasteiger partial charge in [-0.3, -0.25) is 0 Å². The number of nitrogens with zero attached hydrogens (tertiary/aromatic N) is 1. The summed E-state index contributed by atoms with van der Waals surface area (Å²) in [5.74, 6) is 1.60. The quantitative estimate of drug-likeness (QED) is 0.708. The van der Waals surface area contributed by atoms with Crippen molar-refractivity contribution in [3.63, 3.8) is 0 Å². The Bertz CT molecular complexity index is 147. The molecule has 0 aromatic heterocycles. The molecule has 0 aromatic carbocycles. The Labute approximate surface area is 88.3 Å². The van der Waals surface area contributed by atoms with E-state index in [4.69, 9.17) is 5.11 Å². The van der Waals surface area contributed by atoms with Crippen LogP contribution >= 0.6 is 0 Å². The molecule has 0 saturated carbocycles. The summed E-state index contributed by atoms with van der Waals surface area (Å²) in [6.07, 6.45) is 4.98. The van der Waals surface area contributed by atoms with E-state index in [1.54, 1.807) is 0 Å². The molecule has 2 heteroatoms. The molecule has 0 aromatic rings. The first kappa shape index (κ1) is 12.0. The van der Waals surface area contributed by atoms with Crippen molar-refractivity contribution in [2.45, 2.75) is 39.5 Å². The van der Waals surface area contributed by atoms with Crippen molar-refractivity contribution < 1.29 is 5.11 Å². The third-order valence-electron chi connectivity index (χ3n) is 3.16. The van der Waals surface area contributed by atoms with Crippen LogP contribution < -0.4 is 0 Å². The molecule has 1 unspecified atom stereocenters. The van der Waals surface area contributed by atoms with Gasteiger partial charge in [-0.15, -0.1) is 0 Å². The lowest BCUT2D eigenvalue weighted by molar-refractivity contribution is 0.249. The summed E-state index contributed by atoms with van der Waals surface area (Å²) in [6.45, 7) is 8.68. The maximum Gasteiger partial charge on any atom is 0.0434 e. The molecule has 1 N–H and O–H groups in total. The normalized spacial score (nSPS) is 23.6. The second kappa shape index (κ2) is 6.41. The number of rotatable bonds is 6. The van der Waals surface area contributed by atoms with Gasteiger partial charge in [-0.05, 0) is 50.6 Å². The van der Waals surface area contributed by atoms with Crippen molar-refractivity contribution in [3.8, 4) is 0 Å². The fraction of sp³-hybridized carbons (Fsp3) is 1.00. The van der Waals surface area contributed by atoms with Crippen molar-refractivity contribution in [2.75, 3.05) is 26.2 Å². The van der Waals surface area contributed by atoms with E-state index >= 15 is 0 Å². The fourth-order valence-corrected chi connectivity index (χ4v) is 2.26. The number of hydrogen-bond acceptors (Lipinski definition) is 2. The summed E-state index contributed by atoms with van der Waals surface area (Å²) in [4.78, 5) is 2.56. The smallest absolute Gasteiger partial charge is 0.0434 e. The Hall–Kier alpha value is -0.0800. The van der Waals surface area contributed by atoms with Crippen molar-refractivity contribution >= 4 is 0 Å². The van der Waals surface area contributed by atoms with Gasteiger partial charge in [-0.25, -0.2) is 0 Å². The van der Waals surface area contributed by atoms with Crippen molar-refractivity contribution in [1.29, 1.82) is 0 Å². The maximum atomic E-state index is 8.84. The molecule has 0 aliphatic carbocycles. The lowest BCUT2D eigenvalue weighted by Gasteiger charge is -2.16. The molecule has 1 atom stereocenters. The summed E-state index contributed by atoms with van der Waals surface area (Å²) < 4.78 is 0. The third kappa shape index (κ3) is 4.43. The minimum absolute atomic E-state index is 0.366. The maximum absolute atomic E-state index is 8.84. The molecule has 1 heterocycles. The fourth-order valence-electron chi connectivity index (χ4n) is 2.26. The Morgan fingerprint density at radius 1 is 1.43 bits per heavy atom. The lowest BCUT2D eigenvalue weighted by atomic mass is 10.1. The first-order chi connectivity index (χ1) is 6.72. The Morgan fingerprint density at radius 2 is 2.21 bits per heavy atom. The number of aliphatic hydroxyl groups is 1. The molecule has 0 spiro atoms. The van der Waals surface area contributed by atoms with Crippen LogP contribution in [0.15, 0.2) is 0 Å². The molecule has 0 amide bonds. The summed E-state index contributed by atoms with van der Waals surface area (Å²) >= 11 is 0. The summed E-state index contributed by atoms with van der Waals surface area (Å²) in [6, 6.07) is 0. The molecule has 1 saturated heterocycles. The first-order valence-electron chi connectivity index (χ1n) is 6.05. The van der Waals surface area contributed by atoms with Gasteiger partial charge in [0.15, 0.2) is 0 Å². The third-order valence-corrected chi connectivity index (χ3v) is 3.16. The lowest BCUT2D eigenvalue weighted by Crippen LogP contribution is -2.22. The minimum atomic E-state index is 0.366. The predicted octanol–water partition coefficient (Wildman–Crippen LogP) is 2.13. The molecular formula is C12H25NO. The zero-order valence-corrected chi connectivity index (χ0v) is 9.71. The van der Waals surface area contributed by atoms with Crippen LogP contribution in [0, 0.1) is 11.8 Å². The van der Waals surface area contributed by atoms with Gasteiger partial charge in [0.2, 0.25) is 0 Å². The molecule has 14 heavy (non-hydrogen) atoms. The van der Waals surface area contributed by atoms with Gasteiger partial charge in [0.05, 0.1) is 0 Å². The topological polar surface area (TPSA) is 23.5 Å². The van der Waals surface area contributed by atoms with Gasteiger partial charge in [0.25, 0.3) is 0 Å². The zero-order chi connectivity index (χ0) is 10.4. The molecule has 1 aliphatic heterocycles. The summed E-state index contributed by atoms with van der Waals surface area (Å²) in [5.41, 5.74) is 0. The van der Waals surface area contributed by atoms with E-state index < -0.39 is 0 Å². The van der Waals surface area contributed by atoms with Gasteiger partial charge in [0.1, 0.15) is 0 Å². The highest BCUT2D eigenvalue weighted by Gasteiger charge is 2.20. The van der Waals surface area contributed by atoms with Crippen molar-refractivity contribution in [1.82, 2.24) is 4.90 Å². The summed E-state index contributed by atoms with van der Waals surface area (Å²) in [5, 5.41) is 8.84. The van der Waals surface area contributed by atoms with E-state index in [2.05, 4.69) is 18.7 Å². The molecular weight excluding hydrogens is 174 g/mol. The Balaban J connectivity index is 2.04. The van der Waals surface area contributed by atoms with Crippen LogP contribution in [-0.4, -0.2) is 36.2 Å². The van der Waals surface area contributed by atoms with Gasteiger partial charge < -0.3 is 10.0 Å². The second-order valence-corrected chi connectivity index (χ2v) is 5.00. The average molecular weight is 199 g/mol. The molecule has 84 valence electrons. The molecule has 2 nitrogen and oxygen atoms in total. The number of aliphatic hydroxyl groups excluding tert-OH is 1. The van der Waals surface area contributed by atoms with Gasteiger partial charge in [-0.1, -0.05) is 13.8 Å². The number of likely N-dealkylation sites (tertiary alicyclic amines) is 1. The largest absolute Gasteiger partial charge is 0.396 e. The zero-order valence-electron chi connectivity index (χ0n) is 9.71. The van der Waals surface area contributed by atoms with Crippen LogP contribution in [0.25, 0.3) is 0 Å². The highest BCUT2D eigenvalue weighted by Crippen LogP contribution is 2.19. The monoisotopic (exact) mass is 199 g/mol. The number of hydrogen-bond donors (Lipinski definition) is 1. The van der Waals surface area contributed by atoms with Gasteiger partial charge in [0, 0.05) is 13.2 Å². The van der Waals surface area contributed by atoms with Gasteiger partial charge >= 0.3 is 0 Å². The molecule has 1 aliphatic rings. The first-order valence-corrected chi connectivity index (χ1v) is 6.05. The van der Waals surface area contributed by atoms with Gasteiger partial charge in [-0.2, -0.15) is 0 Å². The minimum Gasteiger partial charge on any atom is -0.396 e. The molecule has 1 rings (SSSR count). The van der Waals surface area contributed by atoms with Crippen LogP contribution in [0.5, 0.6) is 0 Å². The standard InChI is InChI=1S/C12H25NO/c1-11(2)4-3-7-13-8-5-12(10-13)6-9-14/h11-12,14H,3-10H2,1-2H3. The predicted molar refractivity (Wildman–Crippen MR) is 60.3 cm³/mol. The summed E-state index contributed by atoms with van der Waals surface area (Å²) in [7, 11) is 0. The highest BCUT2D eigenvalue weighted by molar-refractivity contribution is 4.75. The van der Waals surface area contributed by atoms with E-state index in [9.17, 15) is 0 Å². The SMILES string of the molecule is CC(C)CCCN1CCC(CCO)C1. The molecule has 1 fully saturated rings. The highest BCUT2D eigenvalue weighted by atomic mass is 16.3. The van der Waals surface area contributed by atoms with Crippen molar-refractivity contribution in [2.24, 2.45) is 11.8 Å².